The fourth-order valence-corrected chi connectivity index (χ4v) is 2.63. The number of likely N-dealkylation sites (tertiary alicyclic amines) is 1. The van der Waals surface area contributed by atoms with Crippen LogP contribution in [0.2, 0.25) is 0 Å². The molecule has 1 saturated heterocycles. The molecule has 96 valence electrons. The maximum Gasteiger partial charge on any atom is 0.0610 e. The summed E-state index contributed by atoms with van der Waals surface area (Å²) in [6.45, 7) is 8.00. The largest absolute Gasteiger partial charge is 0.394 e. The zero-order valence-electron chi connectivity index (χ0n) is 11.3. The number of aliphatic hydroxyl groups is 1. The lowest BCUT2D eigenvalue weighted by Crippen LogP contribution is -2.47. The van der Waals surface area contributed by atoms with Gasteiger partial charge in [-0.05, 0) is 46.6 Å². The Morgan fingerprint density at radius 1 is 1.44 bits per heavy atom. The van der Waals surface area contributed by atoms with Crippen molar-refractivity contribution in [3.05, 3.63) is 0 Å². The van der Waals surface area contributed by atoms with Gasteiger partial charge in [0, 0.05) is 24.2 Å². The van der Waals surface area contributed by atoms with Crippen LogP contribution in [-0.4, -0.2) is 47.8 Å². The predicted octanol–water partition coefficient (Wildman–Crippen LogP) is 1.61. The Morgan fingerprint density at radius 2 is 2.12 bits per heavy atom. The molecule has 1 aliphatic heterocycles. The van der Waals surface area contributed by atoms with Crippen molar-refractivity contribution < 1.29 is 5.11 Å². The molecule has 2 N–H and O–H groups in total. The van der Waals surface area contributed by atoms with Crippen LogP contribution in [-0.2, 0) is 0 Å². The molecule has 1 fully saturated rings. The van der Waals surface area contributed by atoms with Gasteiger partial charge < -0.3 is 10.4 Å². The van der Waals surface area contributed by atoms with Crippen LogP contribution >= 0.6 is 0 Å². The number of rotatable bonds is 6. The first-order valence-electron chi connectivity index (χ1n) is 6.62. The molecule has 1 aliphatic rings. The summed E-state index contributed by atoms with van der Waals surface area (Å²) in [5.41, 5.74) is -0.124. The zero-order chi connectivity index (χ0) is 12.2. The minimum absolute atomic E-state index is 0.124. The van der Waals surface area contributed by atoms with Crippen LogP contribution in [0.5, 0.6) is 0 Å². The normalized spacial score (nSPS) is 30.6. The molecule has 0 aromatic rings. The van der Waals surface area contributed by atoms with Crippen LogP contribution in [0.25, 0.3) is 0 Å². The van der Waals surface area contributed by atoms with Crippen molar-refractivity contribution in [1.82, 2.24) is 10.2 Å². The number of aliphatic hydroxyl groups excluding tert-OH is 1. The van der Waals surface area contributed by atoms with E-state index in [1.165, 1.54) is 19.3 Å². The van der Waals surface area contributed by atoms with Crippen molar-refractivity contribution in [1.29, 1.82) is 0 Å². The van der Waals surface area contributed by atoms with Crippen LogP contribution in [0.3, 0.4) is 0 Å². The third-order valence-corrected chi connectivity index (χ3v) is 4.30. The summed E-state index contributed by atoms with van der Waals surface area (Å²) in [5, 5.41) is 12.6. The number of hydrogen-bond donors (Lipinski definition) is 2. The summed E-state index contributed by atoms with van der Waals surface area (Å²) >= 11 is 0. The number of nitrogens with one attached hydrogen (secondary N) is 1. The van der Waals surface area contributed by atoms with E-state index >= 15 is 0 Å². The Kier molecular flexibility index (Phi) is 5.22. The van der Waals surface area contributed by atoms with E-state index in [0.717, 1.165) is 19.0 Å². The van der Waals surface area contributed by atoms with Crippen molar-refractivity contribution >= 4 is 0 Å². The minimum atomic E-state index is -0.124. The highest BCUT2D eigenvalue weighted by Gasteiger charge is 2.31. The number of nitrogens with zero attached hydrogens (tertiary/aromatic N) is 1. The summed E-state index contributed by atoms with van der Waals surface area (Å²) in [5.74, 6) is 0. The summed E-state index contributed by atoms with van der Waals surface area (Å²) < 4.78 is 0. The van der Waals surface area contributed by atoms with Gasteiger partial charge in [0.25, 0.3) is 0 Å². The Hall–Kier alpha value is -0.120. The second kappa shape index (κ2) is 5.99. The first-order valence-corrected chi connectivity index (χ1v) is 6.62. The molecule has 16 heavy (non-hydrogen) atoms. The highest BCUT2D eigenvalue weighted by molar-refractivity contribution is 4.88. The molecule has 3 nitrogen and oxygen atoms in total. The maximum atomic E-state index is 9.37. The van der Waals surface area contributed by atoms with Gasteiger partial charge in [-0.25, -0.2) is 0 Å². The van der Waals surface area contributed by atoms with Crippen LogP contribution < -0.4 is 5.32 Å². The van der Waals surface area contributed by atoms with Gasteiger partial charge in [0.15, 0.2) is 0 Å². The molecule has 0 aliphatic carbocycles. The van der Waals surface area contributed by atoms with Gasteiger partial charge in [0.1, 0.15) is 0 Å². The van der Waals surface area contributed by atoms with Gasteiger partial charge in [-0.2, -0.15) is 0 Å². The fraction of sp³-hybridized carbons (Fsp3) is 1.00. The van der Waals surface area contributed by atoms with Crippen LogP contribution in [0.4, 0.5) is 0 Å². The molecule has 3 unspecified atom stereocenters. The van der Waals surface area contributed by atoms with Gasteiger partial charge in [0.05, 0.1) is 6.61 Å². The summed E-state index contributed by atoms with van der Waals surface area (Å²) in [7, 11) is 1.93. The molecule has 0 spiro atoms. The molecule has 0 aromatic carbocycles. The molecular weight excluding hydrogens is 200 g/mol. The smallest absolute Gasteiger partial charge is 0.0610 e. The van der Waals surface area contributed by atoms with Crippen molar-refractivity contribution in [3.63, 3.8) is 0 Å². The highest BCUT2D eigenvalue weighted by atomic mass is 16.3. The topological polar surface area (TPSA) is 35.5 Å². The molecule has 0 amide bonds. The average Bonchev–Trinajstić information content (AvgIpc) is 2.67. The number of hydrogen-bond acceptors (Lipinski definition) is 3. The summed E-state index contributed by atoms with van der Waals surface area (Å²) in [6, 6.07) is 1.47. The molecule has 1 heterocycles. The van der Waals surface area contributed by atoms with Crippen molar-refractivity contribution in [3.8, 4) is 0 Å². The van der Waals surface area contributed by atoms with Crippen molar-refractivity contribution in [2.45, 2.75) is 64.1 Å². The van der Waals surface area contributed by atoms with E-state index in [0.29, 0.717) is 6.04 Å². The highest BCUT2D eigenvalue weighted by Crippen LogP contribution is 2.26. The quantitative estimate of drug-likeness (QED) is 0.725. The Labute approximate surface area is 100 Å². The lowest BCUT2D eigenvalue weighted by Gasteiger charge is -2.33. The molecule has 0 saturated carbocycles. The summed E-state index contributed by atoms with van der Waals surface area (Å²) in [4.78, 5) is 2.62. The van der Waals surface area contributed by atoms with Gasteiger partial charge in [-0.1, -0.05) is 6.92 Å². The van der Waals surface area contributed by atoms with Crippen LogP contribution in [0.1, 0.15) is 46.5 Å². The van der Waals surface area contributed by atoms with E-state index in [-0.39, 0.29) is 12.1 Å². The van der Waals surface area contributed by atoms with Crippen LogP contribution in [0.15, 0.2) is 0 Å². The Balaban J connectivity index is 2.46. The van der Waals surface area contributed by atoms with E-state index in [1.807, 2.05) is 7.05 Å². The maximum absolute atomic E-state index is 9.37. The van der Waals surface area contributed by atoms with E-state index in [2.05, 4.69) is 31.0 Å². The van der Waals surface area contributed by atoms with E-state index in [9.17, 15) is 5.11 Å². The first-order chi connectivity index (χ1) is 7.56. The lowest BCUT2D eigenvalue weighted by atomic mass is 9.98. The zero-order valence-corrected chi connectivity index (χ0v) is 11.3. The van der Waals surface area contributed by atoms with Gasteiger partial charge in [0.2, 0.25) is 0 Å². The predicted molar refractivity (Wildman–Crippen MR) is 68.6 cm³/mol. The average molecular weight is 228 g/mol. The molecule has 0 aromatic heterocycles. The molecule has 3 atom stereocenters. The second-order valence-electron chi connectivity index (χ2n) is 5.45. The van der Waals surface area contributed by atoms with E-state index < -0.39 is 0 Å². The Morgan fingerprint density at radius 3 is 2.62 bits per heavy atom. The number of likely N-dealkylation sites (N-methyl/N-ethyl adjacent to an activating group) is 1. The standard InChI is InChI=1S/C13H28N2O/c1-5-12-7-6-11(2)15(12)9-8-13(3,10-16)14-4/h11-12,14,16H,5-10H2,1-4H3. The molecular formula is C13H28N2O. The van der Waals surface area contributed by atoms with E-state index in [4.69, 9.17) is 0 Å². The molecule has 1 rings (SSSR count). The van der Waals surface area contributed by atoms with Crippen molar-refractivity contribution in [2.75, 3.05) is 20.2 Å². The first kappa shape index (κ1) is 13.9. The lowest BCUT2D eigenvalue weighted by molar-refractivity contribution is 0.132. The third kappa shape index (κ3) is 3.19. The van der Waals surface area contributed by atoms with Crippen molar-refractivity contribution in [2.24, 2.45) is 0 Å². The van der Waals surface area contributed by atoms with Crippen LogP contribution in [0, 0.1) is 0 Å². The Bertz CT molecular complexity index is 204. The van der Waals surface area contributed by atoms with Gasteiger partial charge in [-0.3, -0.25) is 4.90 Å². The molecule has 3 heteroatoms. The third-order valence-electron chi connectivity index (χ3n) is 4.30. The summed E-state index contributed by atoms with van der Waals surface area (Å²) in [6.07, 6.45) is 4.93. The fourth-order valence-electron chi connectivity index (χ4n) is 2.63. The minimum Gasteiger partial charge on any atom is -0.394 e. The monoisotopic (exact) mass is 228 g/mol. The SMILES string of the molecule is CCC1CCC(C)N1CCC(C)(CO)NC. The van der Waals surface area contributed by atoms with Gasteiger partial charge in [-0.15, -0.1) is 0 Å². The molecule has 0 bridgehead atoms. The van der Waals surface area contributed by atoms with Gasteiger partial charge >= 0.3 is 0 Å². The molecule has 0 radical (unpaired) electrons. The second-order valence-corrected chi connectivity index (χ2v) is 5.45. The van der Waals surface area contributed by atoms with E-state index in [1.54, 1.807) is 0 Å².